The number of carbonyl (C=O) groups is 1. The number of H-pyrrole nitrogens is 1. The molecule has 1 aromatic heterocycles. The van der Waals surface area contributed by atoms with Crippen LogP contribution in [0.2, 0.25) is 0 Å². The number of anilines is 2. The van der Waals surface area contributed by atoms with Crippen molar-refractivity contribution in [2.24, 2.45) is 0 Å². The molecule has 1 amide bonds. The first-order valence-corrected chi connectivity index (χ1v) is 8.83. The van der Waals surface area contributed by atoms with Gasteiger partial charge in [-0.1, -0.05) is 11.8 Å². The number of thioether (sulfide) groups is 1. The third-order valence-electron chi connectivity index (χ3n) is 3.93. The number of benzene rings is 1. The van der Waals surface area contributed by atoms with Crippen molar-refractivity contribution in [2.75, 3.05) is 30.1 Å². The number of nitrogens with zero attached hydrogens (tertiary/aromatic N) is 2. The van der Waals surface area contributed by atoms with E-state index >= 15 is 0 Å². The maximum Gasteiger partial charge on any atom is 0.254 e. The van der Waals surface area contributed by atoms with E-state index in [4.69, 9.17) is 0 Å². The first-order valence-electron chi connectivity index (χ1n) is 7.85. The molecule has 126 valence electrons. The van der Waals surface area contributed by atoms with Crippen molar-refractivity contribution < 1.29 is 4.79 Å². The monoisotopic (exact) mass is 344 g/mol. The van der Waals surface area contributed by atoms with E-state index < -0.39 is 0 Å². The van der Waals surface area contributed by atoms with Crippen LogP contribution in [0.5, 0.6) is 0 Å². The SMILES string of the molecule is CN(C)c1ccc(NC(=O)CSc2nc3c(c(=O)[nH]2)CCC3)cc1. The summed E-state index contributed by atoms with van der Waals surface area (Å²) in [7, 11) is 3.93. The zero-order valence-corrected chi connectivity index (χ0v) is 14.6. The zero-order chi connectivity index (χ0) is 17.1. The molecule has 7 heteroatoms. The normalized spacial score (nSPS) is 12.8. The Morgan fingerprint density at radius 1 is 1.29 bits per heavy atom. The van der Waals surface area contributed by atoms with E-state index in [9.17, 15) is 9.59 Å². The number of rotatable bonds is 5. The van der Waals surface area contributed by atoms with Gasteiger partial charge in [-0.25, -0.2) is 4.98 Å². The molecule has 1 aliphatic carbocycles. The van der Waals surface area contributed by atoms with Crippen LogP contribution in [0.3, 0.4) is 0 Å². The molecule has 2 aromatic rings. The highest BCUT2D eigenvalue weighted by Crippen LogP contribution is 2.20. The Bertz CT molecular complexity index is 799. The molecule has 0 bridgehead atoms. The lowest BCUT2D eigenvalue weighted by molar-refractivity contribution is -0.113. The van der Waals surface area contributed by atoms with Crippen molar-refractivity contribution in [3.05, 3.63) is 45.9 Å². The summed E-state index contributed by atoms with van der Waals surface area (Å²) in [6.45, 7) is 0. The number of fused-ring (bicyclic) bond motifs is 1. The average molecular weight is 344 g/mol. The fourth-order valence-corrected chi connectivity index (χ4v) is 3.34. The summed E-state index contributed by atoms with van der Waals surface area (Å²) in [6, 6.07) is 7.63. The predicted molar refractivity (Wildman–Crippen MR) is 97.0 cm³/mol. The Hall–Kier alpha value is -2.28. The van der Waals surface area contributed by atoms with E-state index in [2.05, 4.69) is 15.3 Å². The molecule has 6 nitrogen and oxygen atoms in total. The summed E-state index contributed by atoms with van der Waals surface area (Å²) in [4.78, 5) is 33.2. The van der Waals surface area contributed by atoms with Gasteiger partial charge >= 0.3 is 0 Å². The molecule has 0 saturated heterocycles. The number of carbonyl (C=O) groups excluding carboxylic acids is 1. The van der Waals surface area contributed by atoms with Crippen molar-refractivity contribution in [1.82, 2.24) is 9.97 Å². The molecule has 2 N–H and O–H groups in total. The number of aromatic nitrogens is 2. The molecule has 0 spiro atoms. The van der Waals surface area contributed by atoms with E-state index in [1.165, 1.54) is 11.8 Å². The van der Waals surface area contributed by atoms with Gasteiger partial charge in [0, 0.05) is 31.0 Å². The number of hydrogen-bond donors (Lipinski definition) is 2. The second-order valence-corrected chi connectivity index (χ2v) is 6.89. The first kappa shape index (κ1) is 16.6. The molecule has 3 rings (SSSR count). The van der Waals surface area contributed by atoms with Crippen LogP contribution >= 0.6 is 11.8 Å². The number of aryl methyl sites for hydroxylation is 1. The van der Waals surface area contributed by atoms with Crippen molar-refractivity contribution in [1.29, 1.82) is 0 Å². The summed E-state index contributed by atoms with van der Waals surface area (Å²) in [5.74, 6) is 0.0812. The summed E-state index contributed by atoms with van der Waals surface area (Å²) in [5, 5.41) is 3.36. The number of hydrogen-bond acceptors (Lipinski definition) is 5. The van der Waals surface area contributed by atoms with Gasteiger partial charge < -0.3 is 15.2 Å². The van der Waals surface area contributed by atoms with E-state index in [0.29, 0.717) is 5.16 Å². The van der Waals surface area contributed by atoms with Crippen molar-refractivity contribution in [3.8, 4) is 0 Å². The van der Waals surface area contributed by atoms with Gasteiger partial charge in [0.05, 0.1) is 11.4 Å². The van der Waals surface area contributed by atoms with Crippen LogP contribution < -0.4 is 15.8 Å². The molecule has 0 fully saturated rings. The standard InChI is InChI=1S/C17H20N4O2S/c1-21(2)12-8-6-11(7-9-12)18-15(22)10-24-17-19-14-5-3-4-13(14)16(23)20-17/h6-9H,3-5,10H2,1-2H3,(H,18,22)(H,19,20,23). The number of nitrogens with one attached hydrogen (secondary N) is 2. The quantitative estimate of drug-likeness (QED) is 0.641. The van der Waals surface area contributed by atoms with Crippen LogP contribution in [-0.2, 0) is 17.6 Å². The third-order valence-corrected chi connectivity index (χ3v) is 4.80. The topological polar surface area (TPSA) is 78.1 Å². The molecule has 0 saturated carbocycles. The Morgan fingerprint density at radius 2 is 2.04 bits per heavy atom. The van der Waals surface area contributed by atoms with Gasteiger partial charge in [0.1, 0.15) is 0 Å². The van der Waals surface area contributed by atoms with Crippen molar-refractivity contribution in [2.45, 2.75) is 24.4 Å². The average Bonchev–Trinajstić information content (AvgIpc) is 3.02. The summed E-state index contributed by atoms with van der Waals surface area (Å²) in [6.07, 6.45) is 2.62. The molecule has 0 radical (unpaired) electrons. The summed E-state index contributed by atoms with van der Waals surface area (Å²) in [5.41, 5.74) is 3.43. The Balaban J connectivity index is 1.58. The molecule has 0 unspecified atom stereocenters. The van der Waals surface area contributed by atoms with Crippen LogP contribution in [0.4, 0.5) is 11.4 Å². The lowest BCUT2D eigenvalue weighted by Crippen LogP contribution is -2.17. The second-order valence-electron chi connectivity index (χ2n) is 5.93. The van der Waals surface area contributed by atoms with Gasteiger partial charge in [0.25, 0.3) is 5.56 Å². The largest absolute Gasteiger partial charge is 0.378 e. The van der Waals surface area contributed by atoms with Crippen LogP contribution in [0, 0.1) is 0 Å². The number of aromatic amines is 1. The highest BCUT2D eigenvalue weighted by atomic mass is 32.2. The van der Waals surface area contributed by atoms with Crippen LogP contribution in [0.25, 0.3) is 0 Å². The van der Waals surface area contributed by atoms with Crippen LogP contribution in [0.15, 0.2) is 34.2 Å². The smallest absolute Gasteiger partial charge is 0.254 e. The van der Waals surface area contributed by atoms with E-state index in [1.54, 1.807) is 0 Å². The maximum absolute atomic E-state index is 12.1. The fraction of sp³-hybridized carbons (Fsp3) is 0.353. The van der Waals surface area contributed by atoms with Crippen LogP contribution in [0.1, 0.15) is 17.7 Å². The highest BCUT2D eigenvalue weighted by molar-refractivity contribution is 7.99. The lowest BCUT2D eigenvalue weighted by Gasteiger charge is -2.13. The molecular weight excluding hydrogens is 324 g/mol. The Labute approximate surface area is 144 Å². The molecule has 1 aromatic carbocycles. The van der Waals surface area contributed by atoms with Crippen molar-refractivity contribution >= 4 is 29.0 Å². The molecule has 0 atom stereocenters. The van der Waals surface area contributed by atoms with E-state index in [1.807, 2.05) is 43.3 Å². The summed E-state index contributed by atoms with van der Waals surface area (Å²) < 4.78 is 0. The van der Waals surface area contributed by atoms with Gasteiger partial charge in [-0.15, -0.1) is 0 Å². The van der Waals surface area contributed by atoms with Gasteiger partial charge in [-0.2, -0.15) is 0 Å². The molecule has 0 aliphatic heterocycles. The Morgan fingerprint density at radius 3 is 2.75 bits per heavy atom. The molecule has 24 heavy (non-hydrogen) atoms. The predicted octanol–water partition coefficient (Wildman–Crippen LogP) is 2.06. The molecular formula is C17H20N4O2S. The van der Waals surface area contributed by atoms with E-state index in [-0.39, 0.29) is 17.2 Å². The minimum atomic E-state index is -0.124. The van der Waals surface area contributed by atoms with Crippen LogP contribution in [-0.4, -0.2) is 35.7 Å². The van der Waals surface area contributed by atoms with Crippen molar-refractivity contribution in [3.63, 3.8) is 0 Å². The van der Waals surface area contributed by atoms with Gasteiger partial charge in [0.15, 0.2) is 5.16 Å². The van der Waals surface area contributed by atoms with Gasteiger partial charge in [-0.05, 0) is 43.5 Å². The minimum Gasteiger partial charge on any atom is -0.378 e. The first-order chi connectivity index (χ1) is 11.5. The summed E-state index contributed by atoms with van der Waals surface area (Å²) >= 11 is 1.25. The lowest BCUT2D eigenvalue weighted by atomic mass is 10.2. The van der Waals surface area contributed by atoms with Gasteiger partial charge in [0.2, 0.25) is 5.91 Å². The Kier molecular flexibility index (Phi) is 4.89. The fourth-order valence-electron chi connectivity index (χ4n) is 2.66. The highest BCUT2D eigenvalue weighted by Gasteiger charge is 2.17. The second kappa shape index (κ2) is 7.09. The minimum absolute atomic E-state index is 0.0697. The number of amides is 1. The molecule has 1 aliphatic rings. The maximum atomic E-state index is 12.1. The van der Waals surface area contributed by atoms with E-state index in [0.717, 1.165) is 41.9 Å². The molecule has 1 heterocycles. The van der Waals surface area contributed by atoms with Gasteiger partial charge in [-0.3, -0.25) is 9.59 Å². The third kappa shape index (κ3) is 3.79. The zero-order valence-electron chi connectivity index (χ0n) is 13.8.